The fraction of sp³-hybridized carbons (Fsp3) is 0.400. The monoisotopic (exact) mass is 422 g/mol. The SMILES string of the molecule is C=C(C)c1cc(C)c(O)c2c1C[C@@H]1C[C@@H]3CC(O)=C(C(C)=O)C(=O)[C@]3(O)C(C)=C1C2=O. The molecule has 1 aromatic rings. The molecule has 31 heavy (non-hydrogen) atoms. The molecule has 162 valence electrons. The van der Waals surface area contributed by atoms with Crippen LogP contribution in [0.25, 0.3) is 5.57 Å². The van der Waals surface area contributed by atoms with Gasteiger partial charge in [0.1, 0.15) is 17.1 Å². The van der Waals surface area contributed by atoms with Gasteiger partial charge in [0.05, 0.1) is 5.56 Å². The third-order valence-corrected chi connectivity index (χ3v) is 7.18. The predicted octanol–water partition coefficient (Wildman–Crippen LogP) is 3.53. The molecule has 0 bridgehead atoms. The smallest absolute Gasteiger partial charge is 0.205 e. The Hall–Kier alpha value is -2.99. The zero-order valence-corrected chi connectivity index (χ0v) is 18.1. The van der Waals surface area contributed by atoms with E-state index >= 15 is 0 Å². The minimum Gasteiger partial charge on any atom is -0.511 e. The molecule has 0 amide bonds. The van der Waals surface area contributed by atoms with Crippen molar-refractivity contribution in [3.8, 4) is 5.75 Å². The lowest BCUT2D eigenvalue weighted by Gasteiger charge is -2.47. The highest BCUT2D eigenvalue weighted by Crippen LogP contribution is 2.52. The number of rotatable bonds is 2. The summed E-state index contributed by atoms with van der Waals surface area (Å²) in [7, 11) is 0. The van der Waals surface area contributed by atoms with Gasteiger partial charge in [-0.2, -0.15) is 0 Å². The molecule has 3 N–H and O–H groups in total. The first kappa shape index (κ1) is 21.2. The number of hydrogen-bond donors (Lipinski definition) is 3. The van der Waals surface area contributed by atoms with Gasteiger partial charge in [0, 0.05) is 17.9 Å². The van der Waals surface area contributed by atoms with Crippen LogP contribution in [0.4, 0.5) is 0 Å². The second-order valence-corrected chi connectivity index (χ2v) is 9.10. The molecule has 6 nitrogen and oxygen atoms in total. The van der Waals surface area contributed by atoms with Crippen LogP contribution in [-0.4, -0.2) is 38.3 Å². The minimum atomic E-state index is -2.02. The molecular formula is C25H26O6. The Labute approximate surface area is 180 Å². The molecule has 6 heteroatoms. The van der Waals surface area contributed by atoms with Crippen LogP contribution in [-0.2, 0) is 16.0 Å². The summed E-state index contributed by atoms with van der Waals surface area (Å²) in [4.78, 5) is 38.7. The van der Waals surface area contributed by atoms with Crippen LogP contribution in [0.2, 0.25) is 0 Å². The highest BCUT2D eigenvalue weighted by atomic mass is 16.3. The van der Waals surface area contributed by atoms with Crippen molar-refractivity contribution in [2.24, 2.45) is 11.8 Å². The summed E-state index contributed by atoms with van der Waals surface area (Å²) in [5, 5.41) is 32.5. The van der Waals surface area contributed by atoms with E-state index in [9.17, 15) is 29.7 Å². The van der Waals surface area contributed by atoms with Crippen molar-refractivity contribution in [2.45, 2.75) is 52.6 Å². The molecule has 3 atom stereocenters. The van der Waals surface area contributed by atoms with Gasteiger partial charge in [0.15, 0.2) is 17.2 Å². The van der Waals surface area contributed by atoms with E-state index in [1.807, 2.05) is 13.0 Å². The molecule has 0 saturated carbocycles. The number of Topliss-reactive ketones (excluding diaryl/α,β-unsaturated/α-hetero) is 3. The normalized spacial score (nSPS) is 27.6. The number of hydrogen-bond acceptors (Lipinski definition) is 6. The average Bonchev–Trinajstić information content (AvgIpc) is 2.66. The van der Waals surface area contributed by atoms with E-state index in [1.165, 1.54) is 6.92 Å². The number of fused-ring (bicyclic) bond motifs is 3. The molecular weight excluding hydrogens is 396 g/mol. The first-order valence-corrected chi connectivity index (χ1v) is 10.4. The largest absolute Gasteiger partial charge is 0.511 e. The van der Waals surface area contributed by atoms with E-state index in [1.54, 1.807) is 13.8 Å². The number of aliphatic hydroxyl groups excluding tert-OH is 1. The second kappa shape index (κ2) is 6.76. The lowest BCUT2D eigenvalue weighted by atomic mass is 9.57. The van der Waals surface area contributed by atoms with Crippen LogP contribution >= 0.6 is 0 Å². The van der Waals surface area contributed by atoms with Crippen molar-refractivity contribution < 1.29 is 29.7 Å². The van der Waals surface area contributed by atoms with Gasteiger partial charge in [0.25, 0.3) is 0 Å². The highest BCUT2D eigenvalue weighted by molar-refractivity contribution is 6.25. The Morgan fingerprint density at radius 2 is 1.81 bits per heavy atom. The Morgan fingerprint density at radius 1 is 1.16 bits per heavy atom. The minimum absolute atomic E-state index is 0.00812. The maximum absolute atomic E-state index is 13.6. The van der Waals surface area contributed by atoms with Gasteiger partial charge in [-0.3, -0.25) is 14.4 Å². The molecule has 0 fully saturated rings. The number of phenolic OH excluding ortho intramolecular Hbond substituents is 1. The molecule has 0 aromatic heterocycles. The van der Waals surface area contributed by atoms with Crippen molar-refractivity contribution in [1.29, 1.82) is 0 Å². The van der Waals surface area contributed by atoms with Gasteiger partial charge in [-0.05, 0) is 74.8 Å². The van der Waals surface area contributed by atoms with Crippen LogP contribution in [0.1, 0.15) is 60.7 Å². The lowest BCUT2D eigenvalue weighted by Crippen LogP contribution is -2.56. The van der Waals surface area contributed by atoms with E-state index in [4.69, 9.17) is 0 Å². The summed E-state index contributed by atoms with van der Waals surface area (Å²) in [5.74, 6) is -3.20. The van der Waals surface area contributed by atoms with Gasteiger partial charge in [-0.15, -0.1) is 0 Å². The Kier molecular flexibility index (Phi) is 4.63. The van der Waals surface area contributed by atoms with Crippen LogP contribution < -0.4 is 0 Å². The summed E-state index contributed by atoms with van der Waals surface area (Å²) in [6.45, 7) is 10.3. The zero-order valence-electron chi connectivity index (χ0n) is 18.1. The zero-order chi connectivity index (χ0) is 23.0. The van der Waals surface area contributed by atoms with Gasteiger partial charge in [0.2, 0.25) is 5.78 Å². The first-order chi connectivity index (χ1) is 14.4. The molecule has 3 aliphatic carbocycles. The Balaban J connectivity index is 1.95. The molecule has 0 spiro atoms. The molecule has 3 aliphatic rings. The third-order valence-electron chi connectivity index (χ3n) is 7.18. The van der Waals surface area contributed by atoms with Crippen molar-refractivity contribution in [3.63, 3.8) is 0 Å². The number of phenols is 1. The van der Waals surface area contributed by atoms with Gasteiger partial charge >= 0.3 is 0 Å². The van der Waals surface area contributed by atoms with Crippen LogP contribution in [0.5, 0.6) is 5.75 Å². The van der Waals surface area contributed by atoms with Gasteiger partial charge < -0.3 is 15.3 Å². The lowest BCUT2D eigenvalue weighted by molar-refractivity contribution is -0.140. The molecule has 0 unspecified atom stereocenters. The van der Waals surface area contributed by atoms with Crippen molar-refractivity contribution in [3.05, 3.63) is 57.4 Å². The highest BCUT2D eigenvalue weighted by Gasteiger charge is 2.57. The van der Waals surface area contributed by atoms with Crippen molar-refractivity contribution >= 4 is 22.9 Å². The molecule has 0 saturated heterocycles. The number of allylic oxidation sites excluding steroid dienone is 3. The van der Waals surface area contributed by atoms with Crippen LogP contribution in [0, 0.1) is 18.8 Å². The molecule has 0 aliphatic heterocycles. The van der Waals surface area contributed by atoms with Crippen molar-refractivity contribution in [2.75, 3.05) is 0 Å². The van der Waals surface area contributed by atoms with E-state index < -0.39 is 34.4 Å². The quantitative estimate of drug-likeness (QED) is 0.629. The van der Waals surface area contributed by atoms with E-state index in [0.29, 0.717) is 24.0 Å². The Bertz CT molecular complexity index is 1160. The molecule has 0 radical (unpaired) electrons. The average molecular weight is 422 g/mol. The summed E-state index contributed by atoms with van der Waals surface area (Å²) in [5.41, 5.74) is 1.16. The fourth-order valence-corrected chi connectivity index (χ4v) is 5.66. The number of benzene rings is 1. The molecule has 1 aromatic carbocycles. The first-order valence-electron chi connectivity index (χ1n) is 10.4. The summed E-state index contributed by atoms with van der Waals surface area (Å²) in [6, 6.07) is 1.82. The van der Waals surface area contributed by atoms with E-state index in [0.717, 1.165) is 16.7 Å². The Morgan fingerprint density at radius 3 is 2.39 bits per heavy atom. The standard InChI is InChI=1S/C25H26O6/c1-10(2)16-6-11(3)22(28)21-17(16)8-14-7-15-9-18(27)20(13(5)26)24(30)25(15,31)12(4)19(14)23(21)29/h6,14-15,27-28,31H,1,7-9H2,2-5H3/t14-,15+,25-/m0/s1. The van der Waals surface area contributed by atoms with Crippen LogP contribution in [0.15, 0.2) is 35.1 Å². The predicted molar refractivity (Wildman–Crippen MR) is 115 cm³/mol. The second-order valence-electron chi connectivity index (χ2n) is 9.10. The van der Waals surface area contributed by atoms with Crippen LogP contribution in [0.3, 0.4) is 0 Å². The number of carbonyl (C=O) groups is 3. The molecule has 4 rings (SSSR count). The molecule has 0 heterocycles. The van der Waals surface area contributed by atoms with Gasteiger partial charge in [-0.1, -0.05) is 12.2 Å². The number of ketones is 3. The maximum Gasteiger partial charge on any atom is 0.205 e. The maximum atomic E-state index is 13.6. The summed E-state index contributed by atoms with van der Waals surface area (Å²) >= 11 is 0. The summed E-state index contributed by atoms with van der Waals surface area (Å²) in [6.07, 6.45) is 0.750. The number of aryl methyl sites for hydroxylation is 1. The van der Waals surface area contributed by atoms with Gasteiger partial charge in [-0.25, -0.2) is 0 Å². The number of carbonyl (C=O) groups excluding carboxylic acids is 3. The topological polar surface area (TPSA) is 112 Å². The van der Waals surface area contributed by atoms with E-state index in [2.05, 4.69) is 6.58 Å². The third kappa shape index (κ3) is 2.71. The van der Waals surface area contributed by atoms with Crippen molar-refractivity contribution in [1.82, 2.24) is 0 Å². The fourth-order valence-electron chi connectivity index (χ4n) is 5.66. The summed E-state index contributed by atoms with van der Waals surface area (Å²) < 4.78 is 0. The number of aromatic hydroxyl groups is 1. The number of aliphatic hydroxyl groups is 2. The van der Waals surface area contributed by atoms with E-state index in [-0.39, 0.29) is 35.0 Å².